The summed E-state index contributed by atoms with van der Waals surface area (Å²) in [6, 6.07) is 10.6. The Bertz CT molecular complexity index is 774. The summed E-state index contributed by atoms with van der Waals surface area (Å²) in [5.74, 6) is 0.328. The maximum absolute atomic E-state index is 12.4. The van der Waals surface area contributed by atoms with Crippen LogP contribution in [0.15, 0.2) is 40.9 Å². The molecule has 2 amide bonds. The van der Waals surface area contributed by atoms with Crippen molar-refractivity contribution in [1.82, 2.24) is 0 Å². The third-order valence-corrected chi connectivity index (χ3v) is 4.10. The van der Waals surface area contributed by atoms with Gasteiger partial charge in [0.15, 0.2) is 0 Å². The molecule has 22 heavy (non-hydrogen) atoms. The number of halogens is 1. The molecule has 5 nitrogen and oxygen atoms in total. The minimum atomic E-state index is -0.247. The Labute approximate surface area is 135 Å². The quantitative estimate of drug-likeness (QED) is 0.882. The van der Waals surface area contributed by atoms with Crippen molar-refractivity contribution in [3.63, 3.8) is 0 Å². The second-order valence-corrected chi connectivity index (χ2v) is 5.75. The molecule has 1 aliphatic heterocycles. The second kappa shape index (κ2) is 5.81. The highest BCUT2D eigenvalue weighted by Crippen LogP contribution is 2.27. The van der Waals surface area contributed by atoms with Crippen LogP contribution in [0.2, 0.25) is 0 Å². The molecule has 6 heteroatoms. The molecule has 0 radical (unpaired) electrons. The Morgan fingerprint density at radius 1 is 1.27 bits per heavy atom. The van der Waals surface area contributed by atoms with Gasteiger partial charge in [0.1, 0.15) is 5.75 Å². The fraction of sp³-hybridized carbons (Fsp3) is 0.125. The normalized spacial score (nSPS) is 12.5. The number of carbonyl (C=O) groups is 2. The summed E-state index contributed by atoms with van der Waals surface area (Å²) >= 11 is 3.36. The molecule has 0 saturated heterocycles. The van der Waals surface area contributed by atoms with Crippen molar-refractivity contribution in [3.05, 3.63) is 52.0 Å². The molecular weight excluding hydrogens is 348 g/mol. The van der Waals surface area contributed by atoms with Crippen molar-refractivity contribution < 1.29 is 14.3 Å². The highest BCUT2D eigenvalue weighted by molar-refractivity contribution is 9.10. The lowest BCUT2D eigenvalue weighted by Gasteiger charge is -2.09. The van der Waals surface area contributed by atoms with Gasteiger partial charge in [-0.3, -0.25) is 9.59 Å². The number of methoxy groups -OCH3 is 1. The van der Waals surface area contributed by atoms with E-state index in [1.54, 1.807) is 43.5 Å². The van der Waals surface area contributed by atoms with Crippen LogP contribution in [-0.2, 0) is 11.2 Å². The SMILES string of the molecule is COc1ccc(Br)c(C(=O)Nc2ccc3c(c2)CC(=O)N3)c1. The molecule has 2 aromatic rings. The lowest BCUT2D eigenvalue weighted by molar-refractivity contribution is -0.115. The average Bonchev–Trinajstić information content (AvgIpc) is 2.87. The number of nitrogens with one attached hydrogen (secondary N) is 2. The van der Waals surface area contributed by atoms with Crippen LogP contribution < -0.4 is 15.4 Å². The maximum Gasteiger partial charge on any atom is 0.256 e. The molecule has 0 fully saturated rings. The van der Waals surface area contributed by atoms with Gasteiger partial charge in [0, 0.05) is 15.8 Å². The van der Waals surface area contributed by atoms with Crippen LogP contribution in [0.25, 0.3) is 0 Å². The van der Waals surface area contributed by atoms with Gasteiger partial charge in [0.25, 0.3) is 5.91 Å². The number of carbonyl (C=O) groups excluding carboxylic acids is 2. The maximum atomic E-state index is 12.4. The zero-order valence-electron chi connectivity index (χ0n) is 11.8. The molecule has 0 atom stereocenters. The van der Waals surface area contributed by atoms with E-state index in [9.17, 15) is 9.59 Å². The van der Waals surface area contributed by atoms with Gasteiger partial charge in [-0.15, -0.1) is 0 Å². The van der Waals surface area contributed by atoms with E-state index in [1.807, 2.05) is 0 Å². The van der Waals surface area contributed by atoms with Gasteiger partial charge in [-0.2, -0.15) is 0 Å². The molecule has 0 aliphatic carbocycles. The number of amides is 2. The predicted octanol–water partition coefficient (Wildman–Crippen LogP) is 3.20. The zero-order chi connectivity index (χ0) is 15.7. The van der Waals surface area contributed by atoms with Crippen molar-refractivity contribution in [2.24, 2.45) is 0 Å². The molecule has 0 saturated carbocycles. The smallest absolute Gasteiger partial charge is 0.256 e. The van der Waals surface area contributed by atoms with E-state index in [-0.39, 0.29) is 11.8 Å². The fourth-order valence-corrected chi connectivity index (χ4v) is 2.74. The number of benzene rings is 2. The topological polar surface area (TPSA) is 67.4 Å². The largest absolute Gasteiger partial charge is 0.497 e. The van der Waals surface area contributed by atoms with Gasteiger partial charge in [0.05, 0.1) is 19.1 Å². The summed E-state index contributed by atoms with van der Waals surface area (Å²) < 4.78 is 5.82. The highest BCUT2D eigenvalue weighted by Gasteiger charge is 2.18. The van der Waals surface area contributed by atoms with Crippen LogP contribution in [-0.4, -0.2) is 18.9 Å². The number of fused-ring (bicyclic) bond motifs is 1. The summed E-state index contributed by atoms with van der Waals surface area (Å²) in [5, 5.41) is 5.59. The lowest BCUT2D eigenvalue weighted by atomic mass is 10.1. The molecule has 0 aromatic heterocycles. The van der Waals surface area contributed by atoms with E-state index < -0.39 is 0 Å². The first-order valence-electron chi connectivity index (χ1n) is 6.64. The van der Waals surface area contributed by atoms with Crippen molar-refractivity contribution in [2.45, 2.75) is 6.42 Å². The summed E-state index contributed by atoms with van der Waals surface area (Å²) in [7, 11) is 1.55. The molecular formula is C16H13BrN2O3. The van der Waals surface area contributed by atoms with Crippen LogP contribution in [0.1, 0.15) is 15.9 Å². The second-order valence-electron chi connectivity index (χ2n) is 4.90. The van der Waals surface area contributed by atoms with E-state index in [4.69, 9.17) is 4.74 Å². The van der Waals surface area contributed by atoms with E-state index in [1.165, 1.54) is 0 Å². The van der Waals surface area contributed by atoms with Crippen LogP contribution in [0.3, 0.4) is 0 Å². The fourth-order valence-electron chi connectivity index (χ4n) is 2.31. The molecule has 3 rings (SSSR count). The van der Waals surface area contributed by atoms with E-state index in [0.717, 1.165) is 11.3 Å². The molecule has 112 valence electrons. The van der Waals surface area contributed by atoms with Crippen LogP contribution >= 0.6 is 15.9 Å². The average molecular weight is 361 g/mol. The highest BCUT2D eigenvalue weighted by atomic mass is 79.9. The first-order chi connectivity index (χ1) is 10.6. The summed E-state index contributed by atoms with van der Waals surface area (Å²) in [5.41, 5.74) is 2.81. The molecule has 0 bridgehead atoms. The Kier molecular flexibility index (Phi) is 3.85. The lowest BCUT2D eigenvalue weighted by Crippen LogP contribution is -2.12. The Hall–Kier alpha value is -2.34. The third-order valence-electron chi connectivity index (χ3n) is 3.41. The van der Waals surface area contributed by atoms with Crippen molar-refractivity contribution in [2.75, 3.05) is 17.7 Å². The number of anilines is 2. The Morgan fingerprint density at radius 2 is 2.09 bits per heavy atom. The van der Waals surface area contributed by atoms with Crippen molar-refractivity contribution in [1.29, 1.82) is 0 Å². The van der Waals surface area contributed by atoms with Gasteiger partial charge < -0.3 is 15.4 Å². The van der Waals surface area contributed by atoms with Gasteiger partial charge >= 0.3 is 0 Å². The number of rotatable bonds is 3. The summed E-state index contributed by atoms with van der Waals surface area (Å²) in [4.78, 5) is 23.7. The zero-order valence-corrected chi connectivity index (χ0v) is 13.4. The molecule has 0 unspecified atom stereocenters. The predicted molar refractivity (Wildman–Crippen MR) is 87.4 cm³/mol. The van der Waals surface area contributed by atoms with Crippen LogP contribution in [0.5, 0.6) is 5.75 Å². The summed E-state index contributed by atoms with van der Waals surface area (Å²) in [6.07, 6.45) is 0.335. The molecule has 2 N–H and O–H groups in total. The van der Waals surface area contributed by atoms with Gasteiger partial charge in [-0.25, -0.2) is 0 Å². The molecule has 1 heterocycles. The number of hydrogen-bond donors (Lipinski definition) is 2. The minimum Gasteiger partial charge on any atom is -0.497 e. The van der Waals surface area contributed by atoms with Crippen molar-refractivity contribution >= 4 is 39.1 Å². The minimum absolute atomic E-state index is 0.0333. The standard InChI is InChI=1S/C16H13BrN2O3/c1-22-11-3-4-13(17)12(8-11)16(21)18-10-2-5-14-9(6-10)7-15(20)19-14/h2-6,8H,7H2,1H3,(H,18,21)(H,19,20). The first kappa shape index (κ1) is 14.6. The molecule has 2 aromatic carbocycles. The van der Waals surface area contributed by atoms with Crippen LogP contribution in [0, 0.1) is 0 Å². The van der Waals surface area contributed by atoms with E-state index in [2.05, 4.69) is 26.6 Å². The number of hydrogen-bond acceptors (Lipinski definition) is 3. The third kappa shape index (κ3) is 2.82. The van der Waals surface area contributed by atoms with Crippen molar-refractivity contribution in [3.8, 4) is 5.75 Å². The number of ether oxygens (including phenoxy) is 1. The Morgan fingerprint density at radius 3 is 2.86 bits per heavy atom. The van der Waals surface area contributed by atoms with Gasteiger partial charge in [0.2, 0.25) is 5.91 Å². The van der Waals surface area contributed by atoms with Gasteiger partial charge in [-0.05, 0) is 57.9 Å². The first-order valence-corrected chi connectivity index (χ1v) is 7.44. The van der Waals surface area contributed by atoms with Gasteiger partial charge in [-0.1, -0.05) is 0 Å². The monoisotopic (exact) mass is 360 g/mol. The van der Waals surface area contributed by atoms with E-state index in [0.29, 0.717) is 27.9 Å². The van der Waals surface area contributed by atoms with E-state index >= 15 is 0 Å². The Balaban J connectivity index is 1.83. The van der Waals surface area contributed by atoms with Crippen LogP contribution in [0.4, 0.5) is 11.4 Å². The molecule has 1 aliphatic rings. The molecule has 0 spiro atoms. The summed E-state index contributed by atoms with van der Waals surface area (Å²) in [6.45, 7) is 0.